The van der Waals surface area contributed by atoms with Gasteiger partial charge in [-0.2, -0.15) is 0 Å². The quantitative estimate of drug-likeness (QED) is 0.696. The van der Waals surface area contributed by atoms with E-state index in [2.05, 4.69) is 0 Å². The fraction of sp³-hybridized carbons (Fsp3) is 0.158. The smallest absolute Gasteiger partial charge is 0.335 e. The first-order valence-corrected chi connectivity index (χ1v) is 9.96. The number of benzene rings is 2. The minimum Gasteiger partial charge on any atom is -0.478 e. The summed E-state index contributed by atoms with van der Waals surface area (Å²) in [6.07, 6.45) is 1.09. The lowest BCUT2D eigenvalue weighted by molar-refractivity contribution is 0.0696. The number of sulfone groups is 1. The molecule has 0 saturated heterocycles. The van der Waals surface area contributed by atoms with Gasteiger partial charge in [0.2, 0.25) is 0 Å². The third-order valence-corrected chi connectivity index (χ3v) is 5.07. The first kappa shape index (κ1) is 19.4. The van der Waals surface area contributed by atoms with E-state index < -0.39 is 15.8 Å². The number of hydrogen-bond donors (Lipinski definition) is 1. The summed E-state index contributed by atoms with van der Waals surface area (Å²) in [6, 6.07) is 9.80. The highest BCUT2D eigenvalue weighted by molar-refractivity contribution is 7.90. The standard InChI is InChI=1S/C19H17NO7S/c1-20(2)18(21)17-10-14-15(8-11(19(22)23)9-16(14)27-17)26-12-4-6-13(7-5-12)28(3,24)25/h4-10H,1-3H3,(H,22,23). The molecule has 1 aromatic heterocycles. The molecule has 3 rings (SSSR count). The molecular formula is C19H17NO7S. The summed E-state index contributed by atoms with van der Waals surface area (Å²) in [5, 5.41) is 9.74. The summed E-state index contributed by atoms with van der Waals surface area (Å²) < 4.78 is 34.4. The zero-order valence-electron chi connectivity index (χ0n) is 15.3. The largest absolute Gasteiger partial charge is 0.478 e. The monoisotopic (exact) mass is 403 g/mol. The van der Waals surface area contributed by atoms with Crippen LogP contribution in [0.4, 0.5) is 0 Å². The highest BCUT2D eigenvalue weighted by atomic mass is 32.2. The van der Waals surface area contributed by atoms with E-state index in [-0.39, 0.29) is 33.5 Å². The van der Waals surface area contributed by atoms with Crippen LogP contribution < -0.4 is 4.74 Å². The van der Waals surface area contributed by atoms with Crippen LogP contribution in [0.3, 0.4) is 0 Å². The van der Waals surface area contributed by atoms with Crippen LogP contribution >= 0.6 is 0 Å². The fourth-order valence-corrected chi connectivity index (χ4v) is 3.15. The number of nitrogens with zero attached hydrogens (tertiary/aromatic N) is 1. The Kier molecular flexibility index (Phi) is 4.86. The van der Waals surface area contributed by atoms with E-state index in [1.54, 1.807) is 14.1 Å². The number of amides is 1. The van der Waals surface area contributed by atoms with Crippen molar-refractivity contribution in [3.8, 4) is 11.5 Å². The van der Waals surface area contributed by atoms with Crippen LogP contribution in [-0.4, -0.2) is 50.7 Å². The van der Waals surface area contributed by atoms with Gasteiger partial charge in [-0.15, -0.1) is 0 Å². The van der Waals surface area contributed by atoms with E-state index >= 15 is 0 Å². The summed E-state index contributed by atoms with van der Waals surface area (Å²) >= 11 is 0. The van der Waals surface area contributed by atoms with Crippen LogP contribution in [0.15, 0.2) is 51.8 Å². The van der Waals surface area contributed by atoms with Gasteiger partial charge in [0, 0.05) is 26.4 Å². The molecule has 0 atom stereocenters. The Hall–Kier alpha value is -3.33. The maximum atomic E-state index is 12.2. The van der Waals surface area contributed by atoms with Gasteiger partial charge in [0.1, 0.15) is 17.1 Å². The number of carboxylic acids is 1. The third-order valence-electron chi connectivity index (χ3n) is 3.94. The Labute approximate surface area is 160 Å². The summed E-state index contributed by atoms with van der Waals surface area (Å²) in [5.74, 6) is -1.05. The van der Waals surface area contributed by atoms with Gasteiger partial charge >= 0.3 is 5.97 Å². The average molecular weight is 403 g/mol. The van der Waals surface area contributed by atoms with Crippen LogP contribution in [-0.2, 0) is 9.84 Å². The minimum atomic E-state index is -3.35. The molecule has 146 valence electrons. The van der Waals surface area contributed by atoms with E-state index in [0.717, 1.165) is 6.26 Å². The molecule has 9 heteroatoms. The number of fused-ring (bicyclic) bond motifs is 1. The van der Waals surface area contributed by atoms with Gasteiger partial charge in [0.25, 0.3) is 5.91 Å². The van der Waals surface area contributed by atoms with Crippen molar-refractivity contribution in [1.29, 1.82) is 0 Å². The SMILES string of the molecule is CN(C)C(=O)c1cc2c(Oc3ccc(S(C)(=O)=O)cc3)cc(C(=O)O)cc2o1. The van der Waals surface area contributed by atoms with Crippen molar-refractivity contribution in [3.05, 3.63) is 53.8 Å². The summed E-state index contributed by atoms with van der Waals surface area (Å²) in [4.78, 5) is 25.0. The maximum absolute atomic E-state index is 12.2. The van der Waals surface area contributed by atoms with E-state index in [9.17, 15) is 23.1 Å². The third kappa shape index (κ3) is 3.84. The van der Waals surface area contributed by atoms with Crippen LogP contribution in [0.1, 0.15) is 20.9 Å². The lowest BCUT2D eigenvalue weighted by Gasteiger charge is -2.08. The minimum absolute atomic E-state index is 0.0415. The molecule has 3 aromatic rings. The van der Waals surface area contributed by atoms with Crippen molar-refractivity contribution >= 4 is 32.7 Å². The molecule has 0 spiro atoms. The molecule has 0 bridgehead atoms. The summed E-state index contributed by atoms with van der Waals surface area (Å²) in [6.45, 7) is 0. The van der Waals surface area contributed by atoms with Crippen LogP contribution in [0, 0.1) is 0 Å². The molecule has 0 unspecified atom stereocenters. The van der Waals surface area contributed by atoms with E-state index in [1.165, 1.54) is 47.4 Å². The lowest BCUT2D eigenvalue weighted by Crippen LogP contribution is -2.20. The molecule has 1 heterocycles. The average Bonchev–Trinajstić information content (AvgIpc) is 3.05. The Morgan fingerprint density at radius 3 is 2.25 bits per heavy atom. The van der Waals surface area contributed by atoms with Gasteiger partial charge in [-0.05, 0) is 36.4 Å². The molecule has 2 aromatic carbocycles. The zero-order chi connectivity index (χ0) is 20.6. The highest BCUT2D eigenvalue weighted by Crippen LogP contribution is 2.34. The lowest BCUT2D eigenvalue weighted by atomic mass is 10.1. The molecule has 0 saturated carbocycles. The van der Waals surface area contributed by atoms with Gasteiger partial charge in [-0.25, -0.2) is 13.2 Å². The summed E-state index contributed by atoms with van der Waals surface area (Å²) in [7, 11) is -0.213. The second-order valence-electron chi connectivity index (χ2n) is 6.35. The Morgan fingerprint density at radius 1 is 1.07 bits per heavy atom. The second-order valence-corrected chi connectivity index (χ2v) is 8.36. The second kappa shape index (κ2) is 7.01. The number of carboxylic acid groups (broad SMARTS) is 1. The molecule has 1 N–H and O–H groups in total. The molecule has 0 aliphatic rings. The molecule has 0 fully saturated rings. The molecule has 8 nitrogen and oxygen atoms in total. The Morgan fingerprint density at radius 2 is 1.71 bits per heavy atom. The van der Waals surface area contributed by atoms with Crippen LogP contribution in [0.25, 0.3) is 11.0 Å². The van der Waals surface area contributed by atoms with Gasteiger partial charge in [0.15, 0.2) is 15.6 Å². The predicted molar refractivity (Wildman–Crippen MR) is 101 cm³/mol. The molecule has 1 amide bonds. The normalized spacial score (nSPS) is 11.4. The van der Waals surface area contributed by atoms with Gasteiger partial charge in [-0.1, -0.05) is 0 Å². The fourth-order valence-electron chi connectivity index (χ4n) is 2.52. The maximum Gasteiger partial charge on any atom is 0.335 e. The number of hydrogen-bond acceptors (Lipinski definition) is 6. The highest BCUT2D eigenvalue weighted by Gasteiger charge is 2.19. The molecule has 0 aliphatic heterocycles. The van der Waals surface area contributed by atoms with E-state index in [1.807, 2.05) is 0 Å². The van der Waals surface area contributed by atoms with Crippen molar-refractivity contribution < 1.29 is 32.3 Å². The van der Waals surface area contributed by atoms with Crippen LogP contribution in [0.5, 0.6) is 11.5 Å². The number of furan rings is 1. The van der Waals surface area contributed by atoms with Crippen molar-refractivity contribution in [2.75, 3.05) is 20.4 Å². The number of aromatic carboxylic acids is 1. The Bertz CT molecular complexity index is 1170. The number of carbonyl (C=O) groups excluding carboxylic acids is 1. The number of ether oxygens (including phenoxy) is 1. The number of carbonyl (C=O) groups is 2. The number of rotatable bonds is 5. The van der Waals surface area contributed by atoms with Crippen molar-refractivity contribution in [2.45, 2.75) is 4.90 Å². The molecule has 0 aliphatic carbocycles. The predicted octanol–water partition coefficient (Wildman–Crippen LogP) is 3.03. The van der Waals surface area contributed by atoms with Crippen molar-refractivity contribution in [2.24, 2.45) is 0 Å². The van der Waals surface area contributed by atoms with Crippen LogP contribution in [0.2, 0.25) is 0 Å². The first-order chi connectivity index (χ1) is 13.1. The van der Waals surface area contributed by atoms with Gasteiger partial charge in [0.05, 0.1) is 15.8 Å². The van der Waals surface area contributed by atoms with Gasteiger partial charge < -0.3 is 19.2 Å². The summed E-state index contributed by atoms with van der Waals surface area (Å²) in [5.41, 5.74) is 0.112. The van der Waals surface area contributed by atoms with E-state index in [4.69, 9.17) is 9.15 Å². The molecule has 28 heavy (non-hydrogen) atoms. The topological polar surface area (TPSA) is 114 Å². The first-order valence-electron chi connectivity index (χ1n) is 8.07. The van der Waals surface area contributed by atoms with Gasteiger partial charge in [-0.3, -0.25) is 4.79 Å². The van der Waals surface area contributed by atoms with E-state index in [0.29, 0.717) is 11.1 Å². The zero-order valence-corrected chi connectivity index (χ0v) is 16.1. The van der Waals surface area contributed by atoms with Crippen molar-refractivity contribution in [1.82, 2.24) is 4.90 Å². The van der Waals surface area contributed by atoms with Crippen molar-refractivity contribution in [3.63, 3.8) is 0 Å². The molecular weight excluding hydrogens is 386 g/mol. The molecule has 0 radical (unpaired) electrons. The Balaban J connectivity index is 2.07.